The minimum Gasteiger partial charge on any atom is -0.366 e. The van der Waals surface area contributed by atoms with Crippen molar-refractivity contribution in [3.8, 4) is 0 Å². The molecule has 0 fully saturated rings. The van der Waals surface area contributed by atoms with E-state index in [0.29, 0.717) is 6.04 Å². The minimum absolute atomic E-state index is 0.165. The Labute approximate surface area is 118 Å². The molecular weight excluding hydrogens is 234 g/mol. The van der Waals surface area contributed by atoms with Gasteiger partial charge in [-0.3, -0.25) is 0 Å². The highest BCUT2D eigenvalue weighted by atomic mass is 15.1. The smallest absolute Gasteiger partial charge is 0.126 e. The van der Waals surface area contributed by atoms with Crippen LogP contribution in [0.3, 0.4) is 0 Å². The molecule has 0 aliphatic rings. The zero-order valence-electron chi connectivity index (χ0n) is 13.3. The average Bonchev–Trinajstić information content (AvgIpc) is 2.35. The Hall–Kier alpha value is -1.09. The Morgan fingerprint density at radius 2 is 1.84 bits per heavy atom. The van der Waals surface area contributed by atoms with Crippen molar-refractivity contribution in [1.82, 2.24) is 9.88 Å². The molecule has 108 valence electrons. The summed E-state index contributed by atoms with van der Waals surface area (Å²) in [4.78, 5) is 6.93. The van der Waals surface area contributed by atoms with Crippen LogP contribution < -0.4 is 5.32 Å². The van der Waals surface area contributed by atoms with Gasteiger partial charge < -0.3 is 10.2 Å². The summed E-state index contributed by atoms with van der Waals surface area (Å²) in [6, 6.07) is 4.66. The number of likely N-dealkylation sites (N-methyl/N-ethyl adjacent to an activating group) is 1. The summed E-state index contributed by atoms with van der Waals surface area (Å²) >= 11 is 0. The summed E-state index contributed by atoms with van der Waals surface area (Å²) in [5.74, 6) is 0.965. The zero-order valence-corrected chi connectivity index (χ0v) is 13.3. The van der Waals surface area contributed by atoms with Gasteiger partial charge in [0.1, 0.15) is 5.82 Å². The van der Waals surface area contributed by atoms with E-state index in [1.165, 1.54) is 5.56 Å². The Kier molecular flexibility index (Phi) is 5.80. The maximum absolute atomic E-state index is 4.51. The molecule has 0 saturated carbocycles. The number of rotatable bonds is 6. The highest BCUT2D eigenvalue weighted by Gasteiger charge is 2.14. The first-order chi connectivity index (χ1) is 8.86. The lowest BCUT2D eigenvalue weighted by Crippen LogP contribution is -2.34. The van der Waals surface area contributed by atoms with Gasteiger partial charge in [-0.05, 0) is 37.1 Å². The van der Waals surface area contributed by atoms with Crippen molar-refractivity contribution >= 4 is 5.82 Å². The zero-order chi connectivity index (χ0) is 14.5. The first kappa shape index (κ1) is 16.0. The van der Waals surface area contributed by atoms with Gasteiger partial charge in [-0.15, -0.1) is 0 Å². The lowest BCUT2D eigenvalue weighted by molar-refractivity contribution is 0.294. The van der Waals surface area contributed by atoms with Gasteiger partial charge in [0.25, 0.3) is 0 Å². The number of nitrogens with zero attached hydrogens (tertiary/aromatic N) is 2. The van der Waals surface area contributed by atoms with E-state index < -0.39 is 0 Å². The molecule has 0 aliphatic carbocycles. The van der Waals surface area contributed by atoms with E-state index in [2.05, 4.69) is 68.9 Å². The molecule has 1 unspecified atom stereocenters. The van der Waals surface area contributed by atoms with E-state index in [-0.39, 0.29) is 5.41 Å². The van der Waals surface area contributed by atoms with Crippen molar-refractivity contribution in [3.63, 3.8) is 0 Å². The van der Waals surface area contributed by atoms with Crippen LogP contribution in [-0.4, -0.2) is 35.6 Å². The number of aromatic nitrogens is 1. The van der Waals surface area contributed by atoms with Crippen molar-refractivity contribution in [2.45, 2.75) is 53.0 Å². The van der Waals surface area contributed by atoms with E-state index in [1.807, 2.05) is 6.20 Å². The molecule has 1 atom stereocenters. The predicted octanol–water partition coefficient (Wildman–Crippen LogP) is 3.52. The maximum atomic E-state index is 4.51. The maximum Gasteiger partial charge on any atom is 0.126 e. The molecule has 0 aliphatic heterocycles. The summed E-state index contributed by atoms with van der Waals surface area (Å²) in [6.45, 7) is 16.5. The third-order valence-corrected chi connectivity index (χ3v) is 3.45. The van der Waals surface area contributed by atoms with E-state index in [9.17, 15) is 0 Å². The standard InChI is InChI=1S/C16H29N3/c1-7-19(8-2)12-13(3)18-15-10-9-14(11-17-15)16(4,5)6/h9-11,13H,7-8,12H2,1-6H3,(H,17,18). The van der Waals surface area contributed by atoms with Crippen LogP contribution in [0.1, 0.15) is 47.1 Å². The minimum atomic E-state index is 0.165. The Morgan fingerprint density at radius 1 is 1.21 bits per heavy atom. The predicted molar refractivity (Wildman–Crippen MR) is 83.8 cm³/mol. The third kappa shape index (κ3) is 5.19. The molecule has 1 rings (SSSR count). The first-order valence-electron chi connectivity index (χ1n) is 7.32. The topological polar surface area (TPSA) is 28.2 Å². The van der Waals surface area contributed by atoms with Gasteiger partial charge in [-0.1, -0.05) is 40.7 Å². The molecule has 0 amide bonds. The van der Waals surface area contributed by atoms with Crippen LogP contribution in [0.4, 0.5) is 5.82 Å². The SMILES string of the molecule is CCN(CC)CC(C)Nc1ccc(C(C)(C)C)cn1. The van der Waals surface area contributed by atoms with Gasteiger partial charge in [0.2, 0.25) is 0 Å². The summed E-state index contributed by atoms with van der Waals surface area (Å²) < 4.78 is 0. The number of hydrogen-bond acceptors (Lipinski definition) is 3. The second kappa shape index (κ2) is 6.90. The molecule has 19 heavy (non-hydrogen) atoms. The lowest BCUT2D eigenvalue weighted by Gasteiger charge is -2.24. The Balaban J connectivity index is 2.58. The van der Waals surface area contributed by atoms with Gasteiger partial charge in [-0.25, -0.2) is 4.98 Å². The van der Waals surface area contributed by atoms with Crippen LogP contribution in [0, 0.1) is 0 Å². The number of anilines is 1. The van der Waals surface area contributed by atoms with Gasteiger partial charge in [-0.2, -0.15) is 0 Å². The van der Waals surface area contributed by atoms with Gasteiger partial charge in [0, 0.05) is 18.8 Å². The number of pyridine rings is 1. The van der Waals surface area contributed by atoms with E-state index in [4.69, 9.17) is 0 Å². The number of hydrogen-bond donors (Lipinski definition) is 1. The molecule has 0 radical (unpaired) electrons. The molecule has 0 saturated heterocycles. The van der Waals surface area contributed by atoms with Crippen molar-refractivity contribution in [1.29, 1.82) is 0 Å². The number of nitrogens with one attached hydrogen (secondary N) is 1. The van der Waals surface area contributed by atoms with Gasteiger partial charge in [0.05, 0.1) is 0 Å². The quantitative estimate of drug-likeness (QED) is 0.851. The van der Waals surface area contributed by atoms with Gasteiger partial charge in [0.15, 0.2) is 0 Å². The highest BCUT2D eigenvalue weighted by molar-refractivity contribution is 5.38. The van der Waals surface area contributed by atoms with Crippen LogP contribution in [0.25, 0.3) is 0 Å². The first-order valence-corrected chi connectivity index (χ1v) is 7.32. The summed E-state index contributed by atoms with van der Waals surface area (Å²) in [5.41, 5.74) is 1.44. The fourth-order valence-corrected chi connectivity index (χ4v) is 2.09. The molecule has 3 heteroatoms. The highest BCUT2D eigenvalue weighted by Crippen LogP contribution is 2.22. The Bertz CT molecular complexity index is 361. The lowest BCUT2D eigenvalue weighted by atomic mass is 9.88. The van der Waals surface area contributed by atoms with Crippen LogP contribution in [0.5, 0.6) is 0 Å². The molecule has 0 spiro atoms. The second-order valence-electron chi connectivity index (χ2n) is 6.21. The normalized spacial score (nSPS) is 13.6. The van der Waals surface area contributed by atoms with Crippen molar-refractivity contribution < 1.29 is 0 Å². The molecule has 1 aromatic heterocycles. The molecule has 1 aromatic rings. The molecule has 3 nitrogen and oxygen atoms in total. The molecular formula is C16H29N3. The monoisotopic (exact) mass is 263 g/mol. The van der Waals surface area contributed by atoms with Crippen LogP contribution in [0.2, 0.25) is 0 Å². The third-order valence-electron chi connectivity index (χ3n) is 3.45. The Morgan fingerprint density at radius 3 is 2.26 bits per heavy atom. The second-order valence-corrected chi connectivity index (χ2v) is 6.21. The van der Waals surface area contributed by atoms with Crippen molar-refractivity contribution in [2.75, 3.05) is 25.0 Å². The summed E-state index contributed by atoms with van der Waals surface area (Å²) in [7, 11) is 0. The molecule has 1 heterocycles. The van der Waals surface area contributed by atoms with Crippen molar-refractivity contribution in [2.24, 2.45) is 0 Å². The van der Waals surface area contributed by atoms with Gasteiger partial charge >= 0.3 is 0 Å². The fourth-order valence-electron chi connectivity index (χ4n) is 2.09. The molecule has 0 aromatic carbocycles. The van der Waals surface area contributed by atoms with Crippen LogP contribution >= 0.6 is 0 Å². The van der Waals surface area contributed by atoms with E-state index >= 15 is 0 Å². The van der Waals surface area contributed by atoms with E-state index in [1.54, 1.807) is 0 Å². The largest absolute Gasteiger partial charge is 0.366 e. The van der Waals surface area contributed by atoms with E-state index in [0.717, 1.165) is 25.5 Å². The van der Waals surface area contributed by atoms with Crippen molar-refractivity contribution in [3.05, 3.63) is 23.9 Å². The fraction of sp³-hybridized carbons (Fsp3) is 0.688. The molecule has 0 bridgehead atoms. The molecule has 1 N–H and O–H groups in total. The average molecular weight is 263 g/mol. The summed E-state index contributed by atoms with van der Waals surface area (Å²) in [6.07, 6.45) is 1.98. The summed E-state index contributed by atoms with van der Waals surface area (Å²) in [5, 5.41) is 3.47. The van der Waals surface area contributed by atoms with Crippen LogP contribution in [-0.2, 0) is 5.41 Å². The van der Waals surface area contributed by atoms with Crippen LogP contribution in [0.15, 0.2) is 18.3 Å².